The van der Waals surface area contributed by atoms with E-state index in [9.17, 15) is 19.2 Å². The molecular weight excluding hydrogens is 472 g/mol. The summed E-state index contributed by atoms with van der Waals surface area (Å²) in [4.78, 5) is 46.1. The van der Waals surface area contributed by atoms with E-state index in [1.165, 1.54) is 40.5 Å². The van der Waals surface area contributed by atoms with Crippen LogP contribution in [0.5, 0.6) is 23.0 Å². The van der Waals surface area contributed by atoms with Crippen molar-refractivity contribution in [1.29, 1.82) is 0 Å². The molecule has 0 aliphatic carbocycles. The molecule has 2 N–H and O–H groups in total. The molecule has 0 aliphatic rings. The molecule has 0 spiro atoms. The lowest BCUT2D eigenvalue weighted by Crippen LogP contribution is -2.22. The van der Waals surface area contributed by atoms with E-state index < -0.39 is 23.8 Å². The van der Waals surface area contributed by atoms with Crippen LogP contribution in [0.25, 0.3) is 0 Å². The highest BCUT2D eigenvalue weighted by atomic mass is 16.6. The summed E-state index contributed by atoms with van der Waals surface area (Å²) < 4.78 is 20.4. The van der Waals surface area contributed by atoms with Crippen LogP contribution < -0.4 is 29.8 Å². The highest BCUT2D eigenvalue weighted by Gasteiger charge is 2.09. The first-order valence-corrected chi connectivity index (χ1v) is 10.6. The molecule has 2 aromatic rings. The Kier molecular flexibility index (Phi) is 10.6. The number of rotatable bonds is 11. The Hall–Kier alpha value is -4.74. The number of carbonyl (C=O) groups excluding carboxylic acids is 4. The van der Waals surface area contributed by atoms with E-state index in [0.717, 1.165) is 0 Å². The molecule has 0 atom stereocenters. The van der Waals surface area contributed by atoms with Gasteiger partial charge in [-0.3, -0.25) is 19.2 Å². The molecule has 0 unspecified atom stereocenters. The first kappa shape index (κ1) is 27.5. The van der Waals surface area contributed by atoms with Gasteiger partial charge in [0.15, 0.2) is 23.0 Å². The van der Waals surface area contributed by atoms with Gasteiger partial charge in [0.25, 0.3) is 0 Å². The molecule has 0 aliphatic heterocycles. The third-order valence-corrected chi connectivity index (χ3v) is 4.27. The normalized spacial score (nSPS) is 10.7. The second kappa shape index (κ2) is 13.8. The number of methoxy groups -OCH3 is 2. The van der Waals surface area contributed by atoms with Gasteiger partial charge in [-0.05, 0) is 47.5 Å². The minimum Gasteiger partial charge on any atom is -0.493 e. The van der Waals surface area contributed by atoms with E-state index in [4.69, 9.17) is 18.9 Å². The van der Waals surface area contributed by atoms with Gasteiger partial charge in [-0.15, -0.1) is 0 Å². The summed E-state index contributed by atoms with van der Waals surface area (Å²) in [7, 11) is 2.86. The molecule has 0 radical (unpaired) electrons. The molecule has 36 heavy (non-hydrogen) atoms. The summed E-state index contributed by atoms with van der Waals surface area (Å²) in [5.74, 6) is -0.720. The number of nitrogens with zero attached hydrogens (tertiary/aromatic N) is 2. The van der Waals surface area contributed by atoms with Gasteiger partial charge < -0.3 is 18.9 Å². The van der Waals surface area contributed by atoms with Gasteiger partial charge in [0.05, 0.1) is 26.6 Å². The standard InChI is InChI=1S/C24H26N4O8/c1-15(29)35-19-7-5-17(11-21(19)33-3)13-25-27-23(31)9-10-24(32)28-26-14-18-6-8-20(36-16(2)30)22(12-18)34-4/h5-8,11-14H,9-10H2,1-4H3,(H,27,31)(H,28,32). The van der Waals surface area contributed by atoms with Crippen LogP contribution in [-0.4, -0.2) is 50.4 Å². The van der Waals surface area contributed by atoms with Crippen molar-refractivity contribution in [2.24, 2.45) is 10.2 Å². The van der Waals surface area contributed by atoms with Gasteiger partial charge in [0.2, 0.25) is 11.8 Å². The van der Waals surface area contributed by atoms with Crippen LogP contribution in [-0.2, 0) is 19.2 Å². The van der Waals surface area contributed by atoms with Gasteiger partial charge in [-0.1, -0.05) is 0 Å². The molecule has 190 valence electrons. The molecular formula is C24H26N4O8. The number of benzene rings is 2. The first-order chi connectivity index (χ1) is 17.2. The summed E-state index contributed by atoms with van der Waals surface area (Å²) in [6.45, 7) is 2.56. The van der Waals surface area contributed by atoms with Crippen LogP contribution in [0.15, 0.2) is 46.6 Å². The maximum absolute atomic E-state index is 11.9. The van der Waals surface area contributed by atoms with E-state index in [1.807, 2.05) is 0 Å². The Morgan fingerprint density at radius 2 is 1.08 bits per heavy atom. The summed E-state index contributed by atoms with van der Waals surface area (Å²) in [6.07, 6.45) is 2.53. The summed E-state index contributed by atoms with van der Waals surface area (Å²) in [5, 5.41) is 7.67. The van der Waals surface area contributed by atoms with Gasteiger partial charge in [0, 0.05) is 26.7 Å². The number of hydrazone groups is 2. The minimum atomic E-state index is -0.480. The molecule has 0 fully saturated rings. The predicted molar refractivity (Wildman–Crippen MR) is 129 cm³/mol. The zero-order valence-electron chi connectivity index (χ0n) is 20.2. The lowest BCUT2D eigenvalue weighted by atomic mass is 10.2. The molecule has 12 heteroatoms. The fraction of sp³-hybridized carbons (Fsp3) is 0.250. The monoisotopic (exact) mass is 498 g/mol. The predicted octanol–water partition coefficient (Wildman–Crippen LogP) is 1.93. The molecule has 2 rings (SSSR count). The van der Waals surface area contributed by atoms with Crippen LogP contribution in [0.1, 0.15) is 37.8 Å². The number of ether oxygens (including phenoxy) is 4. The van der Waals surface area contributed by atoms with Crippen LogP contribution in [0.4, 0.5) is 0 Å². The third kappa shape index (κ3) is 9.25. The van der Waals surface area contributed by atoms with E-state index in [1.54, 1.807) is 36.4 Å². The Morgan fingerprint density at radius 1 is 0.694 bits per heavy atom. The van der Waals surface area contributed by atoms with Gasteiger partial charge in [0.1, 0.15) is 0 Å². The molecule has 0 bridgehead atoms. The van der Waals surface area contributed by atoms with Crippen molar-refractivity contribution in [1.82, 2.24) is 10.9 Å². The van der Waals surface area contributed by atoms with E-state index >= 15 is 0 Å². The van der Waals surface area contributed by atoms with Crippen LogP contribution >= 0.6 is 0 Å². The van der Waals surface area contributed by atoms with Crippen LogP contribution in [0, 0.1) is 0 Å². The Morgan fingerprint density at radius 3 is 1.42 bits per heavy atom. The van der Waals surface area contributed by atoms with Gasteiger partial charge >= 0.3 is 11.9 Å². The highest BCUT2D eigenvalue weighted by molar-refractivity contribution is 5.87. The van der Waals surface area contributed by atoms with E-state index in [-0.39, 0.29) is 24.3 Å². The maximum Gasteiger partial charge on any atom is 0.308 e. The molecule has 0 heterocycles. The smallest absolute Gasteiger partial charge is 0.308 e. The Labute approximate surface area is 207 Å². The number of carbonyl (C=O) groups is 4. The van der Waals surface area contributed by atoms with Crippen LogP contribution in [0.2, 0.25) is 0 Å². The van der Waals surface area contributed by atoms with Crippen molar-refractivity contribution >= 4 is 36.2 Å². The SMILES string of the molecule is COc1cc(C=NNC(=O)CCC(=O)NN=Cc2ccc(OC(C)=O)c(OC)c2)ccc1OC(C)=O. The van der Waals surface area contributed by atoms with Gasteiger partial charge in [-0.25, -0.2) is 10.9 Å². The number of hydrogen-bond acceptors (Lipinski definition) is 10. The molecule has 12 nitrogen and oxygen atoms in total. The third-order valence-electron chi connectivity index (χ3n) is 4.27. The molecule has 0 aromatic heterocycles. The van der Waals surface area contributed by atoms with Gasteiger partial charge in [-0.2, -0.15) is 10.2 Å². The molecule has 0 saturated heterocycles. The average molecular weight is 498 g/mol. The topological polar surface area (TPSA) is 154 Å². The maximum atomic E-state index is 11.9. The number of nitrogens with one attached hydrogen (secondary N) is 2. The summed E-state index contributed by atoms with van der Waals surface area (Å²) in [5.41, 5.74) is 5.82. The first-order valence-electron chi connectivity index (χ1n) is 10.6. The average Bonchev–Trinajstić information content (AvgIpc) is 2.83. The van der Waals surface area contributed by atoms with Crippen molar-refractivity contribution in [2.45, 2.75) is 26.7 Å². The molecule has 2 aromatic carbocycles. The van der Waals surface area contributed by atoms with Crippen molar-refractivity contribution in [2.75, 3.05) is 14.2 Å². The fourth-order valence-electron chi connectivity index (χ4n) is 2.70. The fourth-order valence-corrected chi connectivity index (χ4v) is 2.70. The Bertz CT molecular complexity index is 1090. The minimum absolute atomic E-state index is 0.113. The number of hydrogen-bond donors (Lipinski definition) is 2. The highest BCUT2D eigenvalue weighted by Crippen LogP contribution is 2.28. The number of esters is 2. The second-order valence-corrected chi connectivity index (χ2v) is 7.09. The van der Waals surface area contributed by atoms with Crippen molar-refractivity contribution in [3.63, 3.8) is 0 Å². The Balaban J connectivity index is 1.80. The molecule has 0 saturated carbocycles. The lowest BCUT2D eigenvalue weighted by molar-refractivity contribution is -0.132. The van der Waals surface area contributed by atoms with Crippen LogP contribution in [0.3, 0.4) is 0 Å². The quantitative estimate of drug-likeness (QED) is 0.206. The zero-order chi connectivity index (χ0) is 26.5. The van der Waals surface area contributed by atoms with Crippen molar-refractivity contribution < 1.29 is 38.1 Å². The molecule has 2 amide bonds. The zero-order valence-corrected chi connectivity index (χ0v) is 20.2. The lowest BCUT2D eigenvalue weighted by Gasteiger charge is -2.08. The van der Waals surface area contributed by atoms with Crippen molar-refractivity contribution in [3.05, 3.63) is 47.5 Å². The van der Waals surface area contributed by atoms with E-state index in [0.29, 0.717) is 22.6 Å². The second-order valence-electron chi connectivity index (χ2n) is 7.09. The van der Waals surface area contributed by atoms with E-state index in [2.05, 4.69) is 21.1 Å². The summed E-state index contributed by atoms with van der Waals surface area (Å²) >= 11 is 0. The summed E-state index contributed by atoms with van der Waals surface area (Å²) in [6, 6.07) is 9.50. The number of amides is 2. The largest absolute Gasteiger partial charge is 0.493 e. The van der Waals surface area contributed by atoms with Crippen molar-refractivity contribution in [3.8, 4) is 23.0 Å².